The number of aryl methyl sites for hydroxylation is 1. The van der Waals surface area contributed by atoms with E-state index in [2.05, 4.69) is 10.0 Å². The molecule has 3 aromatic rings. The summed E-state index contributed by atoms with van der Waals surface area (Å²) in [4.78, 5) is 0.259. The van der Waals surface area contributed by atoms with Gasteiger partial charge in [-0.1, -0.05) is 48.0 Å². The van der Waals surface area contributed by atoms with Gasteiger partial charge in [0, 0.05) is 12.2 Å². The predicted octanol–water partition coefficient (Wildman–Crippen LogP) is 4.14. The van der Waals surface area contributed by atoms with Crippen LogP contribution in [0.2, 0.25) is 0 Å². The summed E-state index contributed by atoms with van der Waals surface area (Å²) in [5, 5.41) is 3.40. The van der Waals surface area contributed by atoms with E-state index in [9.17, 15) is 8.42 Å². The van der Waals surface area contributed by atoms with Crippen molar-refractivity contribution in [1.29, 1.82) is 0 Å². The minimum absolute atomic E-state index is 0.215. The molecule has 0 aliphatic carbocycles. The van der Waals surface area contributed by atoms with Crippen LogP contribution in [-0.2, 0) is 10.0 Å². The molecule has 0 bridgehead atoms. The van der Waals surface area contributed by atoms with E-state index >= 15 is 0 Å². The largest absolute Gasteiger partial charge is 0.497 e. The number of methoxy groups -OCH3 is 1. The van der Waals surface area contributed by atoms with Crippen LogP contribution in [0.1, 0.15) is 17.2 Å². The molecule has 146 valence electrons. The summed E-state index contributed by atoms with van der Waals surface area (Å²) in [5.41, 5.74) is 2.89. The average molecular weight is 397 g/mol. The van der Waals surface area contributed by atoms with Crippen LogP contribution in [0.5, 0.6) is 5.75 Å². The Bertz CT molecular complexity index is 986. The number of anilines is 1. The number of hydrogen-bond donors (Lipinski definition) is 2. The quantitative estimate of drug-likeness (QED) is 0.601. The fourth-order valence-electron chi connectivity index (χ4n) is 2.82. The van der Waals surface area contributed by atoms with Crippen molar-refractivity contribution in [2.24, 2.45) is 0 Å². The lowest BCUT2D eigenvalue weighted by molar-refractivity contribution is 0.415. The van der Waals surface area contributed by atoms with E-state index in [4.69, 9.17) is 4.74 Å². The number of ether oxygens (including phenoxy) is 1. The SMILES string of the molecule is COc1ccc(N[C@@H](CNS(=O)(=O)c2ccc(C)cc2)c2ccccc2)cc1. The summed E-state index contributed by atoms with van der Waals surface area (Å²) in [7, 11) is -1.97. The van der Waals surface area contributed by atoms with E-state index in [-0.39, 0.29) is 17.5 Å². The molecule has 28 heavy (non-hydrogen) atoms. The van der Waals surface area contributed by atoms with Crippen LogP contribution >= 0.6 is 0 Å². The Kier molecular flexibility index (Phi) is 6.34. The molecule has 0 aliphatic heterocycles. The second-order valence-electron chi connectivity index (χ2n) is 6.50. The Morgan fingerprint density at radius 1 is 0.893 bits per heavy atom. The van der Waals surface area contributed by atoms with Crippen LogP contribution in [0.15, 0.2) is 83.8 Å². The third kappa shape index (κ3) is 5.12. The maximum atomic E-state index is 12.7. The first-order valence-corrected chi connectivity index (χ1v) is 10.5. The number of nitrogens with one attached hydrogen (secondary N) is 2. The number of hydrogen-bond acceptors (Lipinski definition) is 4. The first-order valence-electron chi connectivity index (χ1n) is 9.00. The molecule has 0 aliphatic rings. The van der Waals surface area contributed by atoms with Gasteiger partial charge in [0.1, 0.15) is 5.75 Å². The topological polar surface area (TPSA) is 67.4 Å². The lowest BCUT2D eigenvalue weighted by Crippen LogP contribution is -2.31. The maximum absolute atomic E-state index is 12.7. The summed E-state index contributed by atoms with van der Waals surface area (Å²) in [6, 6.07) is 23.9. The first-order chi connectivity index (χ1) is 13.5. The molecule has 0 spiro atoms. The molecule has 3 aromatic carbocycles. The van der Waals surface area contributed by atoms with E-state index in [1.807, 2.05) is 61.5 Å². The van der Waals surface area contributed by atoms with Gasteiger partial charge in [-0.05, 0) is 48.9 Å². The minimum atomic E-state index is -3.59. The van der Waals surface area contributed by atoms with Crippen LogP contribution in [0.3, 0.4) is 0 Å². The molecule has 0 saturated carbocycles. The molecular formula is C22H24N2O3S. The molecule has 0 radical (unpaired) electrons. The highest BCUT2D eigenvalue weighted by atomic mass is 32.2. The standard InChI is InChI=1S/C22H24N2O3S/c1-17-8-14-21(15-9-17)28(25,26)23-16-22(18-6-4-3-5-7-18)24-19-10-12-20(27-2)13-11-19/h3-15,22-24H,16H2,1-2H3/t22-/m0/s1. The zero-order valence-electron chi connectivity index (χ0n) is 15.9. The van der Waals surface area contributed by atoms with Gasteiger partial charge >= 0.3 is 0 Å². The van der Waals surface area contributed by atoms with Crippen molar-refractivity contribution < 1.29 is 13.2 Å². The Morgan fingerprint density at radius 3 is 2.14 bits per heavy atom. The highest BCUT2D eigenvalue weighted by molar-refractivity contribution is 7.89. The van der Waals surface area contributed by atoms with Crippen LogP contribution < -0.4 is 14.8 Å². The van der Waals surface area contributed by atoms with Crippen LogP contribution in [-0.4, -0.2) is 22.1 Å². The molecule has 0 amide bonds. The summed E-state index contributed by atoms with van der Waals surface area (Å²) in [6.45, 7) is 2.14. The minimum Gasteiger partial charge on any atom is -0.497 e. The fraction of sp³-hybridized carbons (Fsp3) is 0.182. The van der Waals surface area contributed by atoms with Gasteiger partial charge in [0.2, 0.25) is 10.0 Å². The van der Waals surface area contributed by atoms with Gasteiger partial charge in [0.15, 0.2) is 0 Å². The Morgan fingerprint density at radius 2 is 1.54 bits per heavy atom. The molecule has 0 saturated heterocycles. The number of rotatable bonds is 8. The molecule has 3 rings (SSSR count). The zero-order chi connectivity index (χ0) is 20.0. The van der Waals surface area contributed by atoms with Crippen molar-refractivity contribution in [3.05, 3.63) is 90.0 Å². The zero-order valence-corrected chi connectivity index (χ0v) is 16.7. The number of benzene rings is 3. The second kappa shape index (κ2) is 8.91. The van der Waals surface area contributed by atoms with Crippen molar-refractivity contribution in [2.45, 2.75) is 17.9 Å². The van der Waals surface area contributed by atoms with Gasteiger partial charge in [0.05, 0.1) is 18.0 Å². The first kappa shape index (κ1) is 19.9. The van der Waals surface area contributed by atoms with E-state index in [1.54, 1.807) is 31.4 Å². The Labute approximate surface area is 166 Å². The number of sulfonamides is 1. The van der Waals surface area contributed by atoms with E-state index in [0.717, 1.165) is 22.6 Å². The smallest absolute Gasteiger partial charge is 0.240 e. The van der Waals surface area contributed by atoms with E-state index < -0.39 is 10.0 Å². The van der Waals surface area contributed by atoms with Crippen molar-refractivity contribution in [1.82, 2.24) is 4.72 Å². The Hall–Kier alpha value is -2.83. The van der Waals surface area contributed by atoms with Crippen molar-refractivity contribution in [2.75, 3.05) is 19.0 Å². The van der Waals surface area contributed by atoms with Crippen molar-refractivity contribution in [3.63, 3.8) is 0 Å². The van der Waals surface area contributed by atoms with Gasteiger partial charge in [-0.2, -0.15) is 0 Å². The average Bonchev–Trinajstić information content (AvgIpc) is 2.72. The third-order valence-corrected chi connectivity index (χ3v) is 5.88. The highest BCUT2D eigenvalue weighted by Gasteiger charge is 2.18. The molecule has 0 fully saturated rings. The normalized spacial score (nSPS) is 12.4. The van der Waals surface area contributed by atoms with Crippen LogP contribution in [0.25, 0.3) is 0 Å². The summed E-state index contributed by atoms with van der Waals surface area (Å²) < 4.78 is 33.2. The highest BCUT2D eigenvalue weighted by Crippen LogP contribution is 2.22. The second-order valence-corrected chi connectivity index (χ2v) is 8.27. The van der Waals surface area contributed by atoms with Gasteiger partial charge in [-0.15, -0.1) is 0 Å². The maximum Gasteiger partial charge on any atom is 0.240 e. The summed E-state index contributed by atoms with van der Waals surface area (Å²) >= 11 is 0. The van der Waals surface area contributed by atoms with E-state index in [1.165, 1.54) is 0 Å². The van der Waals surface area contributed by atoms with Gasteiger partial charge in [-0.25, -0.2) is 13.1 Å². The molecule has 0 unspecified atom stereocenters. The lowest BCUT2D eigenvalue weighted by atomic mass is 10.1. The van der Waals surface area contributed by atoms with Crippen LogP contribution in [0.4, 0.5) is 5.69 Å². The van der Waals surface area contributed by atoms with E-state index in [0.29, 0.717) is 0 Å². The third-order valence-electron chi connectivity index (χ3n) is 4.44. The molecular weight excluding hydrogens is 372 g/mol. The summed E-state index contributed by atoms with van der Waals surface area (Å²) in [6.07, 6.45) is 0. The molecule has 6 heteroatoms. The predicted molar refractivity (Wildman–Crippen MR) is 112 cm³/mol. The van der Waals surface area contributed by atoms with Gasteiger partial charge in [-0.3, -0.25) is 0 Å². The lowest BCUT2D eigenvalue weighted by Gasteiger charge is -2.21. The monoisotopic (exact) mass is 396 g/mol. The Balaban J connectivity index is 1.78. The molecule has 0 aromatic heterocycles. The van der Waals surface area contributed by atoms with Crippen LogP contribution in [0, 0.1) is 6.92 Å². The van der Waals surface area contributed by atoms with Crippen molar-refractivity contribution >= 4 is 15.7 Å². The molecule has 5 nitrogen and oxygen atoms in total. The summed E-state index contributed by atoms with van der Waals surface area (Å²) in [5.74, 6) is 0.766. The van der Waals surface area contributed by atoms with Gasteiger partial charge < -0.3 is 10.1 Å². The molecule has 1 atom stereocenters. The molecule has 2 N–H and O–H groups in total. The fourth-order valence-corrected chi connectivity index (χ4v) is 3.87. The molecule has 0 heterocycles. The van der Waals surface area contributed by atoms with Crippen molar-refractivity contribution in [3.8, 4) is 5.75 Å². The van der Waals surface area contributed by atoms with Gasteiger partial charge in [0.25, 0.3) is 0 Å².